The molecule has 3 atom stereocenters. The molecule has 1 fully saturated rings. The molecular formula is C13H23N3O3. The zero-order valence-corrected chi connectivity index (χ0v) is 11.5. The lowest BCUT2D eigenvalue weighted by Crippen LogP contribution is -2.36. The van der Waals surface area contributed by atoms with E-state index >= 15 is 0 Å². The van der Waals surface area contributed by atoms with E-state index < -0.39 is 12.2 Å². The molecule has 0 aliphatic heterocycles. The minimum atomic E-state index is -0.643. The molecule has 0 radical (unpaired) electrons. The van der Waals surface area contributed by atoms with Crippen molar-refractivity contribution in [1.29, 1.82) is 0 Å². The Morgan fingerprint density at radius 1 is 1.47 bits per heavy atom. The Bertz CT molecular complexity index is 398. The minimum Gasteiger partial charge on any atom is -0.390 e. The Balaban J connectivity index is 1.87. The highest BCUT2D eigenvalue weighted by Crippen LogP contribution is 2.38. The molecule has 0 bridgehead atoms. The van der Waals surface area contributed by atoms with Gasteiger partial charge in [0.1, 0.15) is 0 Å². The van der Waals surface area contributed by atoms with Crippen LogP contribution in [0.2, 0.25) is 0 Å². The number of hydrogen-bond acceptors (Lipinski definition) is 5. The number of hydrogen-bond donors (Lipinski definition) is 3. The van der Waals surface area contributed by atoms with Crippen LogP contribution in [0.4, 0.5) is 0 Å². The van der Waals surface area contributed by atoms with Crippen LogP contribution < -0.4 is 5.32 Å². The van der Waals surface area contributed by atoms with Gasteiger partial charge < -0.3 is 20.3 Å². The molecule has 6 nitrogen and oxygen atoms in total. The maximum absolute atomic E-state index is 9.73. The van der Waals surface area contributed by atoms with E-state index in [9.17, 15) is 10.2 Å². The van der Waals surface area contributed by atoms with Crippen LogP contribution in [0.15, 0.2) is 12.4 Å². The molecule has 6 heteroatoms. The van der Waals surface area contributed by atoms with E-state index in [0.717, 1.165) is 12.1 Å². The number of rotatable bonds is 6. The average molecular weight is 269 g/mol. The normalized spacial score (nSPS) is 30.9. The summed E-state index contributed by atoms with van der Waals surface area (Å²) in [6.07, 6.45) is 3.65. The number of aryl methyl sites for hydroxylation is 1. The van der Waals surface area contributed by atoms with E-state index in [-0.39, 0.29) is 5.41 Å². The molecule has 0 amide bonds. The van der Waals surface area contributed by atoms with Gasteiger partial charge in [0.25, 0.3) is 0 Å². The molecule has 108 valence electrons. The number of aliphatic hydroxyl groups excluding tert-OH is 2. The van der Waals surface area contributed by atoms with Crippen LogP contribution in [-0.2, 0) is 18.3 Å². The Hall–Kier alpha value is -0.950. The molecule has 1 aliphatic rings. The van der Waals surface area contributed by atoms with E-state index in [0.29, 0.717) is 26.0 Å². The topological polar surface area (TPSA) is 79.5 Å². The predicted octanol–water partition coefficient (Wildman–Crippen LogP) is -0.342. The highest BCUT2D eigenvalue weighted by atomic mass is 16.5. The highest BCUT2D eigenvalue weighted by Gasteiger charge is 2.43. The summed E-state index contributed by atoms with van der Waals surface area (Å²) in [4.78, 5) is 0. The van der Waals surface area contributed by atoms with Gasteiger partial charge in [-0.05, 0) is 12.8 Å². The van der Waals surface area contributed by atoms with Crippen molar-refractivity contribution in [3.05, 3.63) is 18.0 Å². The highest BCUT2D eigenvalue weighted by molar-refractivity contribution is 5.03. The molecule has 3 N–H and O–H groups in total. The van der Waals surface area contributed by atoms with Crippen molar-refractivity contribution in [1.82, 2.24) is 15.1 Å². The first-order valence-electron chi connectivity index (χ1n) is 6.58. The van der Waals surface area contributed by atoms with Crippen molar-refractivity contribution >= 4 is 0 Å². The standard InChI is InChI=1S/C13H23N3O3/c1-16-7-10(6-15-16)5-14-8-13(9-19-2)3-11(17)12(18)4-13/h6-7,11-12,14,17-18H,3-5,8-9H2,1-2H3/t11-,12+,13?. The third-order valence-corrected chi connectivity index (χ3v) is 3.77. The van der Waals surface area contributed by atoms with Gasteiger partial charge in [0.2, 0.25) is 0 Å². The molecule has 0 spiro atoms. The first-order chi connectivity index (χ1) is 9.04. The lowest BCUT2D eigenvalue weighted by atomic mass is 9.86. The summed E-state index contributed by atoms with van der Waals surface area (Å²) in [6, 6.07) is 0. The fourth-order valence-electron chi connectivity index (χ4n) is 2.90. The molecule has 1 heterocycles. The van der Waals surface area contributed by atoms with Crippen molar-refractivity contribution in [3.8, 4) is 0 Å². The monoisotopic (exact) mass is 269 g/mol. The van der Waals surface area contributed by atoms with Gasteiger partial charge in [0, 0.05) is 44.4 Å². The number of aromatic nitrogens is 2. The maximum atomic E-state index is 9.73. The second-order valence-corrected chi connectivity index (χ2v) is 5.60. The molecule has 0 saturated heterocycles. The third-order valence-electron chi connectivity index (χ3n) is 3.77. The number of methoxy groups -OCH3 is 1. The zero-order valence-electron chi connectivity index (χ0n) is 11.5. The van der Waals surface area contributed by atoms with E-state index in [2.05, 4.69) is 10.4 Å². The van der Waals surface area contributed by atoms with Gasteiger partial charge in [-0.1, -0.05) is 0 Å². The Labute approximate surface area is 113 Å². The Morgan fingerprint density at radius 2 is 2.16 bits per heavy atom. The van der Waals surface area contributed by atoms with Crippen LogP contribution in [0, 0.1) is 5.41 Å². The zero-order chi connectivity index (χ0) is 13.9. The molecular weight excluding hydrogens is 246 g/mol. The lowest BCUT2D eigenvalue weighted by molar-refractivity contribution is 0.0438. The Kier molecular flexibility index (Phi) is 4.57. The van der Waals surface area contributed by atoms with Gasteiger partial charge in [0.05, 0.1) is 25.0 Å². The Morgan fingerprint density at radius 3 is 2.68 bits per heavy atom. The van der Waals surface area contributed by atoms with Gasteiger partial charge in [-0.15, -0.1) is 0 Å². The second kappa shape index (κ2) is 6.00. The van der Waals surface area contributed by atoms with Crippen LogP contribution >= 0.6 is 0 Å². The summed E-state index contributed by atoms with van der Waals surface area (Å²) in [5, 5.41) is 27.0. The van der Waals surface area contributed by atoms with Crippen molar-refractivity contribution < 1.29 is 14.9 Å². The second-order valence-electron chi connectivity index (χ2n) is 5.60. The molecule has 1 aliphatic carbocycles. The average Bonchev–Trinajstić information content (AvgIpc) is 2.86. The number of nitrogens with zero attached hydrogens (tertiary/aromatic N) is 2. The predicted molar refractivity (Wildman–Crippen MR) is 70.5 cm³/mol. The van der Waals surface area contributed by atoms with Gasteiger partial charge in [-0.2, -0.15) is 5.10 Å². The maximum Gasteiger partial charge on any atom is 0.0806 e. The molecule has 0 aromatic carbocycles. The summed E-state index contributed by atoms with van der Waals surface area (Å²) in [7, 11) is 3.54. The number of nitrogens with one attached hydrogen (secondary N) is 1. The largest absolute Gasteiger partial charge is 0.390 e. The first kappa shape index (κ1) is 14.5. The summed E-state index contributed by atoms with van der Waals surface area (Å²) in [5.41, 5.74) is 0.935. The number of ether oxygens (including phenoxy) is 1. The fourth-order valence-corrected chi connectivity index (χ4v) is 2.90. The van der Waals surface area contributed by atoms with Crippen LogP contribution in [0.5, 0.6) is 0 Å². The molecule has 1 unspecified atom stereocenters. The summed E-state index contributed by atoms with van der Waals surface area (Å²) in [6.45, 7) is 1.98. The van der Waals surface area contributed by atoms with Crippen LogP contribution in [-0.4, -0.2) is 52.5 Å². The van der Waals surface area contributed by atoms with Crippen molar-refractivity contribution in [2.24, 2.45) is 12.5 Å². The smallest absolute Gasteiger partial charge is 0.0806 e. The number of aliphatic hydroxyl groups is 2. The van der Waals surface area contributed by atoms with Gasteiger partial charge in [-0.25, -0.2) is 0 Å². The van der Waals surface area contributed by atoms with Crippen molar-refractivity contribution in [2.45, 2.75) is 31.6 Å². The molecule has 1 aromatic heterocycles. The molecule has 19 heavy (non-hydrogen) atoms. The molecule has 2 rings (SSSR count). The van der Waals surface area contributed by atoms with Crippen LogP contribution in [0.25, 0.3) is 0 Å². The van der Waals surface area contributed by atoms with E-state index in [4.69, 9.17) is 4.74 Å². The van der Waals surface area contributed by atoms with E-state index in [1.807, 2.05) is 19.4 Å². The van der Waals surface area contributed by atoms with Gasteiger partial charge in [-0.3, -0.25) is 4.68 Å². The lowest BCUT2D eigenvalue weighted by Gasteiger charge is -2.28. The molecule has 1 saturated carbocycles. The summed E-state index contributed by atoms with van der Waals surface area (Å²) in [5.74, 6) is 0. The van der Waals surface area contributed by atoms with Crippen LogP contribution in [0.3, 0.4) is 0 Å². The summed E-state index contributed by atoms with van der Waals surface area (Å²) >= 11 is 0. The minimum absolute atomic E-state index is 0.185. The third kappa shape index (κ3) is 3.54. The molecule has 1 aromatic rings. The van der Waals surface area contributed by atoms with Crippen molar-refractivity contribution in [3.63, 3.8) is 0 Å². The SMILES string of the molecule is COCC1(CNCc2cnn(C)c2)C[C@@H](O)[C@@H](O)C1. The van der Waals surface area contributed by atoms with Gasteiger partial charge in [0.15, 0.2) is 0 Å². The van der Waals surface area contributed by atoms with Crippen molar-refractivity contribution in [2.75, 3.05) is 20.3 Å². The quantitative estimate of drug-likeness (QED) is 0.658. The van der Waals surface area contributed by atoms with Crippen LogP contribution in [0.1, 0.15) is 18.4 Å². The fraction of sp³-hybridized carbons (Fsp3) is 0.769. The summed E-state index contributed by atoms with van der Waals surface area (Å²) < 4.78 is 7.02. The first-order valence-corrected chi connectivity index (χ1v) is 6.58. The van der Waals surface area contributed by atoms with E-state index in [1.165, 1.54) is 0 Å². The van der Waals surface area contributed by atoms with Gasteiger partial charge >= 0.3 is 0 Å². The van der Waals surface area contributed by atoms with E-state index in [1.54, 1.807) is 11.8 Å².